The van der Waals surface area contributed by atoms with E-state index >= 15 is 0 Å². The smallest absolute Gasteiger partial charge is 0.272 e. The summed E-state index contributed by atoms with van der Waals surface area (Å²) < 4.78 is 1.90. The molecule has 9 heteroatoms. The minimum atomic E-state index is -0.497. The van der Waals surface area contributed by atoms with Gasteiger partial charge in [-0.15, -0.1) is 0 Å². The fraction of sp³-hybridized carbons (Fsp3) is 0.312. The molecule has 0 atom stereocenters. The molecule has 2 heterocycles. The van der Waals surface area contributed by atoms with Crippen LogP contribution in [0.2, 0.25) is 0 Å². The molecule has 0 unspecified atom stereocenters. The van der Waals surface area contributed by atoms with Gasteiger partial charge in [0.15, 0.2) is 5.69 Å². The van der Waals surface area contributed by atoms with Gasteiger partial charge in [0.05, 0.1) is 16.1 Å². The molecule has 0 aliphatic heterocycles. The second-order valence-corrected chi connectivity index (χ2v) is 5.82. The van der Waals surface area contributed by atoms with Crippen molar-refractivity contribution in [3.05, 3.63) is 51.5 Å². The molecule has 25 heavy (non-hydrogen) atoms. The van der Waals surface area contributed by atoms with Gasteiger partial charge in [0, 0.05) is 36.3 Å². The third kappa shape index (κ3) is 3.49. The van der Waals surface area contributed by atoms with Gasteiger partial charge in [0.25, 0.3) is 11.6 Å². The Morgan fingerprint density at radius 1 is 1.36 bits per heavy atom. The van der Waals surface area contributed by atoms with Gasteiger partial charge in [-0.3, -0.25) is 24.7 Å². The Hall–Kier alpha value is -3.23. The van der Waals surface area contributed by atoms with Crippen molar-refractivity contribution in [2.45, 2.75) is 26.8 Å². The first-order valence-electron chi connectivity index (χ1n) is 7.87. The third-order valence-corrected chi connectivity index (χ3v) is 3.91. The summed E-state index contributed by atoms with van der Waals surface area (Å²) in [7, 11) is 0. The summed E-state index contributed by atoms with van der Waals surface area (Å²) in [5, 5.41) is 25.2. The van der Waals surface area contributed by atoms with E-state index in [4.69, 9.17) is 0 Å². The first-order valence-corrected chi connectivity index (χ1v) is 7.87. The van der Waals surface area contributed by atoms with E-state index < -0.39 is 4.92 Å². The number of nitro benzene ring substituents is 1. The van der Waals surface area contributed by atoms with Gasteiger partial charge in [-0.05, 0) is 32.4 Å². The molecule has 3 rings (SSSR count). The van der Waals surface area contributed by atoms with E-state index in [2.05, 4.69) is 20.6 Å². The summed E-state index contributed by atoms with van der Waals surface area (Å²) in [5.74, 6) is -0.361. The SMILES string of the molecule is Cc1cc(C)n(CCCNC(=O)c2n[nH]c3ccc([N+](=O)[O-])cc23)n1. The first kappa shape index (κ1) is 16.6. The summed E-state index contributed by atoms with van der Waals surface area (Å²) in [5.41, 5.74) is 2.70. The standard InChI is InChI=1S/C16H18N6O3/c1-10-8-11(2)21(20-10)7-3-6-17-16(23)15-13-9-12(22(24)25)4-5-14(13)18-19-15/h4-5,8-9H,3,6-7H2,1-2H3,(H,17,23)(H,18,19). The summed E-state index contributed by atoms with van der Waals surface area (Å²) in [6.45, 7) is 5.09. The van der Waals surface area contributed by atoms with E-state index in [1.54, 1.807) is 6.07 Å². The lowest BCUT2D eigenvalue weighted by molar-refractivity contribution is -0.384. The number of fused-ring (bicyclic) bond motifs is 1. The van der Waals surface area contributed by atoms with Gasteiger partial charge in [-0.2, -0.15) is 10.2 Å². The molecule has 2 N–H and O–H groups in total. The molecule has 0 saturated carbocycles. The zero-order valence-corrected chi connectivity index (χ0v) is 13.9. The van der Waals surface area contributed by atoms with Crippen LogP contribution < -0.4 is 5.32 Å². The van der Waals surface area contributed by atoms with Crippen LogP contribution in [0.5, 0.6) is 0 Å². The highest BCUT2D eigenvalue weighted by atomic mass is 16.6. The van der Waals surface area contributed by atoms with Crippen LogP contribution in [0.1, 0.15) is 28.3 Å². The molecule has 2 aromatic heterocycles. The number of benzene rings is 1. The summed E-state index contributed by atoms with van der Waals surface area (Å²) in [6.07, 6.45) is 0.718. The number of hydrogen-bond donors (Lipinski definition) is 2. The van der Waals surface area contributed by atoms with Crippen LogP contribution in [-0.2, 0) is 6.54 Å². The molecule has 0 saturated heterocycles. The molecular weight excluding hydrogens is 324 g/mol. The maximum absolute atomic E-state index is 12.3. The molecule has 0 aliphatic rings. The minimum Gasteiger partial charge on any atom is -0.351 e. The molecule has 1 amide bonds. The van der Waals surface area contributed by atoms with Gasteiger partial charge < -0.3 is 5.32 Å². The number of amides is 1. The zero-order valence-electron chi connectivity index (χ0n) is 13.9. The van der Waals surface area contributed by atoms with Gasteiger partial charge in [0.2, 0.25) is 0 Å². The average Bonchev–Trinajstić information content (AvgIpc) is 3.13. The summed E-state index contributed by atoms with van der Waals surface area (Å²) in [4.78, 5) is 22.7. The Morgan fingerprint density at radius 3 is 2.84 bits per heavy atom. The lowest BCUT2D eigenvalue weighted by atomic mass is 10.2. The Bertz CT molecular complexity index is 943. The van der Waals surface area contributed by atoms with E-state index in [0.29, 0.717) is 24.0 Å². The number of rotatable bonds is 6. The molecule has 130 valence electrons. The van der Waals surface area contributed by atoms with Crippen molar-refractivity contribution in [1.82, 2.24) is 25.3 Å². The van der Waals surface area contributed by atoms with Crippen molar-refractivity contribution in [3.8, 4) is 0 Å². The fourth-order valence-electron chi connectivity index (χ4n) is 2.70. The highest BCUT2D eigenvalue weighted by Crippen LogP contribution is 2.21. The van der Waals surface area contributed by atoms with Gasteiger partial charge in [0.1, 0.15) is 0 Å². The Labute approximate surface area is 143 Å². The van der Waals surface area contributed by atoms with Crippen molar-refractivity contribution in [2.24, 2.45) is 0 Å². The number of H-pyrrole nitrogens is 1. The number of non-ortho nitro benzene ring substituents is 1. The molecule has 0 spiro atoms. The number of aryl methyl sites for hydroxylation is 3. The fourth-order valence-corrected chi connectivity index (χ4v) is 2.70. The third-order valence-electron chi connectivity index (χ3n) is 3.91. The number of aromatic amines is 1. The quantitative estimate of drug-likeness (QED) is 0.404. The average molecular weight is 342 g/mol. The molecule has 0 fully saturated rings. The van der Waals surface area contributed by atoms with Crippen molar-refractivity contribution >= 4 is 22.5 Å². The van der Waals surface area contributed by atoms with E-state index in [-0.39, 0.29) is 17.3 Å². The predicted octanol–water partition coefficient (Wildman–Crippen LogP) is 2.10. The zero-order chi connectivity index (χ0) is 18.0. The van der Waals surface area contributed by atoms with Crippen LogP contribution in [-0.4, -0.2) is 37.4 Å². The maximum Gasteiger partial charge on any atom is 0.272 e. The topological polar surface area (TPSA) is 119 Å². The molecule has 0 aliphatic carbocycles. The molecule has 3 aromatic rings. The number of carbonyl (C=O) groups excluding carboxylic acids is 1. The van der Waals surface area contributed by atoms with E-state index in [0.717, 1.165) is 17.8 Å². The van der Waals surface area contributed by atoms with Crippen LogP contribution in [0, 0.1) is 24.0 Å². The normalized spacial score (nSPS) is 11.0. The molecule has 1 aromatic carbocycles. The number of aromatic nitrogens is 4. The Kier molecular flexibility index (Phi) is 4.46. The first-order chi connectivity index (χ1) is 12.0. The summed E-state index contributed by atoms with van der Waals surface area (Å²) >= 11 is 0. The molecular formula is C16H18N6O3. The Morgan fingerprint density at radius 2 is 2.16 bits per heavy atom. The molecule has 9 nitrogen and oxygen atoms in total. The van der Waals surface area contributed by atoms with Crippen molar-refractivity contribution in [2.75, 3.05) is 6.54 Å². The highest BCUT2D eigenvalue weighted by Gasteiger charge is 2.16. The van der Waals surface area contributed by atoms with E-state index in [1.165, 1.54) is 12.1 Å². The number of carbonyl (C=O) groups is 1. The van der Waals surface area contributed by atoms with Gasteiger partial charge in [-0.25, -0.2) is 0 Å². The van der Waals surface area contributed by atoms with Crippen LogP contribution in [0.25, 0.3) is 10.9 Å². The second kappa shape index (κ2) is 6.71. The largest absolute Gasteiger partial charge is 0.351 e. The lowest BCUT2D eigenvalue weighted by Crippen LogP contribution is -2.26. The van der Waals surface area contributed by atoms with Crippen LogP contribution in [0.4, 0.5) is 5.69 Å². The number of nitro groups is 1. The minimum absolute atomic E-state index is 0.0764. The van der Waals surface area contributed by atoms with Crippen molar-refractivity contribution < 1.29 is 9.72 Å². The number of nitrogens with one attached hydrogen (secondary N) is 2. The van der Waals surface area contributed by atoms with Crippen molar-refractivity contribution in [1.29, 1.82) is 0 Å². The van der Waals surface area contributed by atoms with Crippen LogP contribution in [0.3, 0.4) is 0 Å². The lowest BCUT2D eigenvalue weighted by Gasteiger charge is -2.06. The predicted molar refractivity (Wildman–Crippen MR) is 91.4 cm³/mol. The maximum atomic E-state index is 12.3. The molecule has 0 bridgehead atoms. The number of hydrogen-bond acceptors (Lipinski definition) is 5. The van der Waals surface area contributed by atoms with E-state index in [9.17, 15) is 14.9 Å². The number of nitrogens with zero attached hydrogens (tertiary/aromatic N) is 4. The highest BCUT2D eigenvalue weighted by molar-refractivity contribution is 6.05. The van der Waals surface area contributed by atoms with E-state index in [1.807, 2.05) is 24.6 Å². The van der Waals surface area contributed by atoms with Crippen molar-refractivity contribution in [3.63, 3.8) is 0 Å². The Balaban J connectivity index is 1.63. The monoisotopic (exact) mass is 342 g/mol. The van der Waals surface area contributed by atoms with Gasteiger partial charge >= 0.3 is 0 Å². The second-order valence-electron chi connectivity index (χ2n) is 5.82. The van der Waals surface area contributed by atoms with Gasteiger partial charge in [-0.1, -0.05) is 0 Å². The van der Waals surface area contributed by atoms with Crippen LogP contribution in [0.15, 0.2) is 24.3 Å². The summed E-state index contributed by atoms with van der Waals surface area (Å²) in [6, 6.07) is 6.27. The molecule has 0 radical (unpaired) electrons. The van der Waals surface area contributed by atoms with Crippen LogP contribution >= 0.6 is 0 Å².